The third-order valence-electron chi connectivity index (χ3n) is 4.22. The van der Waals surface area contributed by atoms with Crippen molar-refractivity contribution in [2.75, 3.05) is 17.2 Å². The van der Waals surface area contributed by atoms with Crippen molar-refractivity contribution < 1.29 is 5.11 Å². The molecule has 0 spiro atoms. The zero-order chi connectivity index (χ0) is 18.5. The van der Waals surface area contributed by atoms with E-state index in [9.17, 15) is 5.11 Å². The Balaban J connectivity index is 2.00. The number of nitrogens with zero attached hydrogens (tertiary/aromatic N) is 3. The van der Waals surface area contributed by atoms with Crippen LogP contribution in [0.2, 0.25) is 0 Å². The minimum atomic E-state index is -0.142. The van der Waals surface area contributed by atoms with Gasteiger partial charge in [-0.15, -0.1) is 0 Å². The molecule has 0 amide bonds. The number of rotatable bonds is 6. The minimum absolute atomic E-state index is 0.00257. The molecule has 0 fully saturated rings. The first kappa shape index (κ1) is 17.8. The van der Waals surface area contributed by atoms with E-state index in [0.29, 0.717) is 11.8 Å². The lowest BCUT2D eigenvalue weighted by Crippen LogP contribution is -2.21. The van der Waals surface area contributed by atoms with Crippen molar-refractivity contribution in [1.29, 1.82) is 0 Å². The summed E-state index contributed by atoms with van der Waals surface area (Å²) in [5.41, 5.74) is 5.12. The highest BCUT2D eigenvalue weighted by Gasteiger charge is 2.10. The molecule has 26 heavy (non-hydrogen) atoms. The number of hydrogen-bond donors (Lipinski definition) is 3. The first-order valence-corrected chi connectivity index (χ1v) is 8.57. The van der Waals surface area contributed by atoms with Gasteiger partial charge in [-0.25, -0.2) is 4.98 Å². The summed E-state index contributed by atoms with van der Waals surface area (Å²) in [5.74, 6) is 1.15. The molecule has 0 saturated carbocycles. The number of aryl methyl sites for hydroxylation is 1. The number of pyridine rings is 1. The van der Waals surface area contributed by atoms with Gasteiger partial charge in [0, 0.05) is 35.8 Å². The van der Waals surface area contributed by atoms with Crippen LogP contribution in [0.1, 0.15) is 18.1 Å². The highest BCUT2D eigenvalue weighted by Crippen LogP contribution is 2.26. The van der Waals surface area contributed by atoms with Gasteiger partial charge in [0.1, 0.15) is 5.82 Å². The fourth-order valence-corrected chi connectivity index (χ4v) is 2.54. The van der Waals surface area contributed by atoms with Crippen LogP contribution in [0.25, 0.3) is 11.3 Å². The third kappa shape index (κ3) is 4.15. The highest BCUT2D eigenvalue weighted by molar-refractivity contribution is 5.68. The van der Waals surface area contributed by atoms with Crippen molar-refractivity contribution in [2.24, 2.45) is 0 Å². The molecular weight excluding hydrogens is 326 g/mol. The maximum absolute atomic E-state index is 9.31. The third-order valence-corrected chi connectivity index (χ3v) is 4.22. The van der Waals surface area contributed by atoms with Gasteiger partial charge in [0.25, 0.3) is 0 Å². The predicted octanol–water partition coefficient (Wildman–Crippen LogP) is 3.69. The summed E-state index contributed by atoms with van der Waals surface area (Å²) in [7, 11) is 0. The van der Waals surface area contributed by atoms with Crippen LogP contribution >= 0.6 is 0 Å². The average Bonchev–Trinajstić information content (AvgIpc) is 2.66. The van der Waals surface area contributed by atoms with Crippen LogP contribution in [-0.2, 0) is 0 Å². The summed E-state index contributed by atoms with van der Waals surface area (Å²) in [5, 5.41) is 15.8. The van der Waals surface area contributed by atoms with E-state index >= 15 is 0 Å². The second-order valence-corrected chi connectivity index (χ2v) is 6.30. The van der Waals surface area contributed by atoms with Gasteiger partial charge >= 0.3 is 0 Å². The van der Waals surface area contributed by atoms with Gasteiger partial charge in [-0.05, 0) is 50.1 Å². The van der Waals surface area contributed by atoms with Crippen LogP contribution in [0.5, 0.6) is 0 Å². The molecule has 0 aliphatic rings. The van der Waals surface area contributed by atoms with E-state index in [4.69, 9.17) is 0 Å². The molecule has 0 saturated heterocycles. The molecule has 0 bridgehead atoms. The topological polar surface area (TPSA) is 83.0 Å². The van der Waals surface area contributed by atoms with Crippen LogP contribution in [0.4, 0.5) is 17.5 Å². The molecule has 3 aromatic rings. The van der Waals surface area contributed by atoms with Crippen LogP contribution in [-0.4, -0.2) is 32.7 Å². The largest absolute Gasteiger partial charge is 0.394 e. The molecular formula is C20H23N5O. The predicted molar refractivity (Wildman–Crippen MR) is 105 cm³/mol. The number of hydrogen-bond acceptors (Lipinski definition) is 6. The zero-order valence-corrected chi connectivity index (χ0v) is 15.2. The smallest absolute Gasteiger partial charge is 0.225 e. The Morgan fingerprint density at radius 3 is 2.58 bits per heavy atom. The lowest BCUT2D eigenvalue weighted by molar-refractivity contribution is 0.281. The van der Waals surface area contributed by atoms with E-state index in [-0.39, 0.29) is 12.6 Å². The van der Waals surface area contributed by atoms with Crippen molar-refractivity contribution in [1.82, 2.24) is 15.0 Å². The number of aliphatic hydroxyl groups excluding tert-OH is 1. The van der Waals surface area contributed by atoms with Crippen LogP contribution in [0.15, 0.2) is 48.8 Å². The number of aliphatic hydroxyl groups is 1. The Morgan fingerprint density at radius 2 is 1.85 bits per heavy atom. The number of benzene rings is 1. The van der Waals surface area contributed by atoms with E-state index in [2.05, 4.69) is 45.5 Å². The number of aromatic nitrogens is 3. The van der Waals surface area contributed by atoms with Crippen molar-refractivity contribution in [3.05, 3.63) is 59.9 Å². The van der Waals surface area contributed by atoms with E-state index in [1.165, 1.54) is 11.1 Å². The maximum Gasteiger partial charge on any atom is 0.225 e. The molecule has 2 heterocycles. The zero-order valence-electron chi connectivity index (χ0n) is 15.2. The molecule has 6 nitrogen and oxygen atoms in total. The van der Waals surface area contributed by atoms with Crippen molar-refractivity contribution >= 4 is 17.5 Å². The van der Waals surface area contributed by atoms with Crippen LogP contribution in [0.3, 0.4) is 0 Å². The normalized spacial score (nSPS) is 11.8. The molecule has 1 aromatic carbocycles. The van der Waals surface area contributed by atoms with Gasteiger partial charge in [-0.3, -0.25) is 4.98 Å². The van der Waals surface area contributed by atoms with Gasteiger partial charge < -0.3 is 15.7 Å². The van der Waals surface area contributed by atoms with Crippen LogP contribution < -0.4 is 10.6 Å². The summed E-state index contributed by atoms with van der Waals surface area (Å²) in [6, 6.07) is 11.7. The van der Waals surface area contributed by atoms with E-state index in [1.54, 1.807) is 12.4 Å². The summed E-state index contributed by atoms with van der Waals surface area (Å²) >= 11 is 0. The summed E-state index contributed by atoms with van der Waals surface area (Å²) in [4.78, 5) is 13.2. The standard InChI is InChI=1S/C20H23N5O/c1-13-5-4-6-17(15(13)3)23-19-11-18(16-7-9-21-10-8-16)24-20(25-19)22-14(2)12-26/h4-11,14,26H,12H2,1-3H3,(H2,22,23,24,25)/t14-/m1/s1. The molecule has 0 aliphatic heterocycles. The molecule has 134 valence electrons. The van der Waals surface area contributed by atoms with E-state index < -0.39 is 0 Å². The fourth-order valence-electron chi connectivity index (χ4n) is 2.54. The van der Waals surface area contributed by atoms with Gasteiger partial charge in [0.15, 0.2) is 0 Å². The quantitative estimate of drug-likeness (QED) is 0.629. The number of nitrogens with one attached hydrogen (secondary N) is 2. The molecule has 2 aromatic heterocycles. The van der Waals surface area contributed by atoms with Gasteiger partial charge in [-0.2, -0.15) is 4.98 Å². The Kier molecular flexibility index (Phi) is 5.43. The highest BCUT2D eigenvalue weighted by atomic mass is 16.3. The van der Waals surface area contributed by atoms with E-state index in [0.717, 1.165) is 16.9 Å². The summed E-state index contributed by atoms with van der Waals surface area (Å²) in [6.07, 6.45) is 3.47. The average molecular weight is 349 g/mol. The molecule has 0 aliphatic carbocycles. The maximum atomic E-state index is 9.31. The Hall–Kier alpha value is -2.99. The van der Waals surface area contributed by atoms with Crippen molar-refractivity contribution in [2.45, 2.75) is 26.8 Å². The van der Waals surface area contributed by atoms with Crippen molar-refractivity contribution in [3.8, 4) is 11.3 Å². The first-order chi connectivity index (χ1) is 12.6. The van der Waals surface area contributed by atoms with Gasteiger partial charge in [0.05, 0.1) is 12.3 Å². The SMILES string of the molecule is Cc1cccc(Nc2cc(-c3ccncc3)nc(N[C@H](C)CO)n2)c1C. The van der Waals surface area contributed by atoms with Gasteiger partial charge in [-0.1, -0.05) is 12.1 Å². The molecule has 0 unspecified atom stereocenters. The molecule has 0 radical (unpaired) electrons. The second kappa shape index (κ2) is 7.93. The second-order valence-electron chi connectivity index (χ2n) is 6.30. The fraction of sp³-hybridized carbons (Fsp3) is 0.250. The first-order valence-electron chi connectivity index (χ1n) is 8.57. The molecule has 3 rings (SSSR count). The molecule has 1 atom stereocenters. The number of anilines is 3. The Labute approximate surface area is 153 Å². The lowest BCUT2D eigenvalue weighted by Gasteiger charge is -2.15. The minimum Gasteiger partial charge on any atom is -0.394 e. The lowest BCUT2D eigenvalue weighted by atomic mass is 10.1. The molecule has 6 heteroatoms. The molecule has 3 N–H and O–H groups in total. The van der Waals surface area contributed by atoms with Gasteiger partial charge in [0.2, 0.25) is 5.95 Å². The summed E-state index contributed by atoms with van der Waals surface area (Å²) in [6.45, 7) is 6.04. The Morgan fingerprint density at radius 1 is 1.08 bits per heavy atom. The summed E-state index contributed by atoms with van der Waals surface area (Å²) < 4.78 is 0. The Bertz CT molecular complexity index is 883. The van der Waals surface area contributed by atoms with E-state index in [1.807, 2.05) is 37.3 Å². The van der Waals surface area contributed by atoms with Crippen LogP contribution in [0, 0.1) is 13.8 Å². The van der Waals surface area contributed by atoms with Crippen molar-refractivity contribution in [3.63, 3.8) is 0 Å². The monoisotopic (exact) mass is 349 g/mol.